The van der Waals surface area contributed by atoms with E-state index in [0.29, 0.717) is 5.69 Å². The molecule has 2 heterocycles. The molecule has 1 aliphatic rings. The van der Waals surface area contributed by atoms with E-state index in [-0.39, 0.29) is 4.90 Å². The maximum absolute atomic E-state index is 10.7. The summed E-state index contributed by atoms with van der Waals surface area (Å²) in [5.74, 6) is 1.55. The molecule has 208 valence electrons. The topological polar surface area (TPSA) is 127 Å². The molecule has 0 spiro atoms. The van der Waals surface area contributed by atoms with Crippen molar-refractivity contribution in [3.8, 4) is 11.5 Å². The van der Waals surface area contributed by atoms with Gasteiger partial charge < -0.3 is 25.1 Å². The van der Waals surface area contributed by atoms with E-state index in [4.69, 9.17) is 20.3 Å². The van der Waals surface area contributed by atoms with Crippen molar-refractivity contribution in [1.82, 2.24) is 9.88 Å². The van der Waals surface area contributed by atoms with Crippen LogP contribution >= 0.6 is 0 Å². The molecule has 0 bridgehead atoms. The molecule has 0 radical (unpaired) electrons. The number of aryl methyl sites for hydroxylation is 1. The number of rotatable bonds is 7. The van der Waals surface area contributed by atoms with Crippen LogP contribution < -0.4 is 25.2 Å². The number of para-hydroxylation sites is 1. The summed E-state index contributed by atoms with van der Waals surface area (Å²) in [5, 5.41) is 6.07. The van der Waals surface area contributed by atoms with Gasteiger partial charge in [-0.2, -0.15) is 0 Å². The van der Waals surface area contributed by atoms with Crippen molar-refractivity contribution in [1.29, 1.82) is 0 Å². The maximum Gasteiger partial charge on any atom is 0.238 e. The van der Waals surface area contributed by atoms with Gasteiger partial charge in [0, 0.05) is 66.8 Å². The van der Waals surface area contributed by atoms with Crippen molar-refractivity contribution < 1.29 is 17.9 Å². The van der Waals surface area contributed by atoms with Crippen LogP contribution in [0.25, 0.3) is 10.9 Å². The first-order chi connectivity index (χ1) is 18.7. The van der Waals surface area contributed by atoms with Crippen LogP contribution in [0.4, 0.5) is 11.4 Å². The normalized spacial score (nSPS) is 14.1. The Morgan fingerprint density at radius 2 is 1.51 bits per heavy atom. The number of benzene rings is 3. The van der Waals surface area contributed by atoms with Crippen LogP contribution in [0.5, 0.6) is 11.5 Å². The van der Waals surface area contributed by atoms with Gasteiger partial charge in [0.05, 0.1) is 19.1 Å². The van der Waals surface area contributed by atoms with Crippen molar-refractivity contribution in [3.63, 3.8) is 0 Å². The van der Waals surface area contributed by atoms with Crippen molar-refractivity contribution in [2.75, 3.05) is 57.6 Å². The molecule has 0 saturated carbocycles. The predicted molar refractivity (Wildman–Crippen MR) is 157 cm³/mol. The predicted octanol–water partition coefficient (Wildman–Crippen LogP) is 3.77. The van der Waals surface area contributed by atoms with E-state index in [1.807, 2.05) is 6.07 Å². The molecule has 0 aliphatic carbocycles. The van der Waals surface area contributed by atoms with Crippen LogP contribution in [-0.2, 0) is 16.4 Å². The smallest absolute Gasteiger partial charge is 0.238 e. The molecule has 1 saturated heterocycles. The number of nitrogens with one attached hydrogen (secondary N) is 1. The van der Waals surface area contributed by atoms with E-state index < -0.39 is 10.0 Å². The summed E-state index contributed by atoms with van der Waals surface area (Å²) in [6, 6.07) is 20.5. The van der Waals surface area contributed by atoms with Gasteiger partial charge in [0.1, 0.15) is 0 Å². The number of nitrogen functional groups attached to an aromatic ring is 1. The summed E-state index contributed by atoms with van der Waals surface area (Å²) in [4.78, 5) is 8.63. The quantitative estimate of drug-likeness (QED) is 0.298. The highest BCUT2D eigenvalue weighted by molar-refractivity contribution is 7.89. The van der Waals surface area contributed by atoms with Crippen molar-refractivity contribution in [2.45, 2.75) is 18.2 Å². The van der Waals surface area contributed by atoms with Gasteiger partial charge in [0.2, 0.25) is 10.0 Å². The first-order valence-corrected chi connectivity index (χ1v) is 14.4. The Labute approximate surface area is 230 Å². The molecule has 9 nitrogen and oxygen atoms in total. The first kappa shape index (κ1) is 28.3. The summed E-state index contributed by atoms with van der Waals surface area (Å²) in [7, 11) is -0.209. The Morgan fingerprint density at radius 3 is 2.10 bits per heavy atom. The highest BCUT2D eigenvalue weighted by atomic mass is 32.2. The van der Waals surface area contributed by atoms with Gasteiger partial charge in [-0.15, -0.1) is 0 Å². The zero-order valence-electron chi connectivity index (χ0n) is 22.7. The zero-order chi connectivity index (χ0) is 28.0. The Morgan fingerprint density at radius 1 is 0.897 bits per heavy atom. The monoisotopic (exact) mass is 551 g/mol. The van der Waals surface area contributed by atoms with E-state index in [2.05, 4.69) is 58.1 Å². The largest absolute Gasteiger partial charge is 0.493 e. The molecular weight excluding hydrogens is 514 g/mol. The van der Waals surface area contributed by atoms with Crippen LogP contribution in [0.1, 0.15) is 11.3 Å². The van der Waals surface area contributed by atoms with Gasteiger partial charge >= 0.3 is 0 Å². The number of aromatic nitrogens is 1. The highest BCUT2D eigenvalue weighted by Gasteiger charge is 2.19. The lowest BCUT2D eigenvalue weighted by molar-refractivity contribution is 0.261. The lowest BCUT2D eigenvalue weighted by Gasteiger charge is -2.36. The fraction of sp³-hybridized carbons (Fsp3) is 0.310. The van der Waals surface area contributed by atoms with Crippen LogP contribution in [0.15, 0.2) is 71.6 Å². The molecule has 1 fully saturated rings. The number of primary sulfonamides is 1. The third kappa shape index (κ3) is 7.03. The van der Waals surface area contributed by atoms with Crippen LogP contribution in [0, 0.1) is 6.92 Å². The molecule has 1 aliphatic heterocycles. The number of hydrogen-bond acceptors (Lipinski definition) is 7. The summed E-state index contributed by atoms with van der Waals surface area (Å²) < 4.78 is 32.3. The van der Waals surface area contributed by atoms with E-state index >= 15 is 0 Å². The average Bonchev–Trinajstić information content (AvgIpc) is 3.25. The van der Waals surface area contributed by atoms with Crippen molar-refractivity contribution >= 4 is 32.3 Å². The lowest BCUT2D eigenvalue weighted by atomic mass is 10.1. The molecule has 0 amide bonds. The van der Waals surface area contributed by atoms with Gasteiger partial charge in [0.15, 0.2) is 11.5 Å². The number of ether oxygens (including phenoxy) is 2. The SMILES string of the molecule is COc1cc2[nH]c(C)c(CCN3CCN(c4ccccc4)CC3)c2cc1OC.Nc1ccc(S(N)(=O)=O)cc1. The number of piperazine rings is 1. The third-order valence-corrected chi connectivity index (χ3v) is 7.93. The summed E-state index contributed by atoms with van der Waals surface area (Å²) in [6.07, 6.45) is 1.03. The second kappa shape index (κ2) is 12.4. The summed E-state index contributed by atoms with van der Waals surface area (Å²) in [5.41, 5.74) is 10.9. The zero-order valence-corrected chi connectivity index (χ0v) is 23.5. The highest BCUT2D eigenvalue weighted by Crippen LogP contribution is 2.34. The van der Waals surface area contributed by atoms with Gasteiger partial charge in [-0.3, -0.25) is 4.90 Å². The number of nitrogens with two attached hydrogens (primary N) is 2. The van der Waals surface area contributed by atoms with Crippen LogP contribution in [0.2, 0.25) is 0 Å². The minimum atomic E-state index is -3.58. The van der Waals surface area contributed by atoms with E-state index in [9.17, 15) is 8.42 Å². The summed E-state index contributed by atoms with van der Waals surface area (Å²) >= 11 is 0. The lowest BCUT2D eigenvalue weighted by Crippen LogP contribution is -2.47. The Kier molecular flexibility index (Phi) is 9.01. The Hall–Kier alpha value is -3.73. The van der Waals surface area contributed by atoms with Crippen molar-refractivity contribution in [3.05, 3.63) is 78.0 Å². The fourth-order valence-corrected chi connectivity index (χ4v) is 5.35. The molecule has 3 aromatic carbocycles. The molecule has 5 N–H and O–H groups in total. The number of nitrogens with zero attached hydrogens (tertiary/aromatic N) is 2. The number of fused-ring (bicyclic) bond motifs is 1. The standard InChI is InChI=1S/C23H29N3O2.C6H8N2O2S/c1-17-19(20-15-22(27-2)23(28-3)16-21(20)24-17)9-10-25-11-13-26(14-12-25)18-7-5-4-6-8-18;7-5-1-3-6(4-2-5)11(8,9)10/h4-8,15-16,24H,9-14H2,1-3H3;1-4H,7H2,(H2,8,9,10). The molecule has 10 heteroatoms. The number of H-pyrrole nitrogens is 1. The minimum absolute atomic E-state index is 0.0756. The van der Waals surface area contributed by atoms with Gasteiger partial charge in [0.25, 0.3) is 0 Å². The van der Waals surface area contributed by atoms with Gasteiger partial charge in [-0.05, 0) is 61.4 Å². The maximum atomic E-state index is 10.7. The van der Waals surface area contributed by atoms with Gasteiger partial charge in [-0.25, -0.2) is 13.6 Å². The number of sulfonamides is 1. The minimum Gasteiger partial charge on any atom is -0.493 e. The number of methoxy groups -OCH3 is 2. The molecule has 1 aromatic heterocycles. The van der Waals surface area contributed by atoms with E-state index in [0.717, 1.165) is 56.2 Å². The van der Waals surface area contributed by atoms with Gasteiger partial charge in [-0.1, -0.05) is 18.2 Å². The average molecular weight is 552 g/mol. The molecule has 39 heavy (non-hydrogen) atoms. The van der Waals surface area contributed by atoms with Crippen LogP contribution in [0.3, 0.4) is 0 Å². The molecule has 0 atom stereocenters. The molecule has 5 rings (SSSR count). The molecule has 0 unspecified atom stereocenters. The number of anilines is 2. The first-order valence-electron chi connectivity index (χ1n) is 12.8. The van der Waals surface area contributed by atoms with Crippen molar-refractivity contribution in [2.24, 2.45) is 5.14 Å². The second-order valence-corrected chi connectivity index (χ2v) is 11.1. The Bertz CT molecular complexity index is 1480. The van der Waals surface area contributed by atoms with E-state index in [1.54, 1.807) is 14.2 Å². The van der Waals surface area contributed by atoms with E-state index in [1.165, 1.54) is 46.6 Å². The third-order valence-electron chi connectivity index (χ3n) is 7.00. The molecular formula is C29H37N5O4S. The number of aromatic amines is 1. The second-order valence-electron chi connectivity index (χ2n) is 9.51. The summed E-state index contributed by atoms with van der Waals surface area (Å²) in [6.45, 7) is 7.61. The molecule has 4 aromatic rings. The number of hydrogen-bond donors (Lipinski definition) is 3. The fourth-order valence-electron chi connectivity index (χ4n) is 4.83. The van der Waals surface area contributed by atoms with Crippen LogP contribution in [-0.4, -0.2) is 65.2 Å². The Balaban J connectivity index is 0.000000270.